The summed E-state index contributed by atoms with van der Waals surface area (Å²) in [6.45, 7) is 0.568. The van der Waals surface area contributed by atoms with Crippen molar-refractivity contribution in [3.05, 3.63) is 36.6 Å². The summed E-state index contributed by atoms with van der Waals surface area (Å²) >= 11 is 0. The van der Waals surface area contributed by atoms with Crippen LogP contribution in [0.3, 0.4) is 0 Å². The maximum Gasteiger partial charge on any atom is 0.155 e. The molecule has 0 amide bonds. The molecule has 0 aliphatic rings. The Bertz CT molecular complexity index is 346. The van der Waals surface area contributed by atoms with Crippen LogP contribution in [-0.2, 0) is 6.54 Å². The monoisotopic (exact) mass is 176 g/mol. The summed E-state index contributed by atoms with van der Waals surface area (Å²) in [4.78, 5) is 7.96. The third-order valence-corrected chi connectivity index (χ3v) is 1.50. The van der Waals surface area contributed by atoms with Crippen LogP contribution in [0.4, 0.5) is 5.82 Å². The van der Waals surface area contributed by atoms with Gasteiger partial charge in [0.15, 0.2) is 5.76 Å². The third-order valence-electron chi connectivity index (χ3n) is 1.50. The molecule has 0 aliphatic carbocycles. The summed E-state index contributed by atoms with van der Waals surface area (Å²) in [7, 11) is 0. The van der Waals surface area contributed by atoms with Gasteiger partial charge in [-0.3, -0.25) is 4.98 Å². The average molecular weight is 176 g/mol. The number of nitrogens with one attached hydrogen (secondary N) is 1. The van der Waals surface area contributed by atoms with Crippen molar-refractivity contribution in [3.63, 3.8) is 0 Å². The summed E-state index contributed by atoms with van der Waals surface area (Å²) in [5.41, 5.74) is 0. The van der Waals surface area contributed by atoms with Crippen LogP contribution in [0.1, 0.15) is 5.76 Å². The number of aromatic nitrogens is 3. The Morgan fingerprint density at radius 2 is 2.31 bits per heavy atom. The van der Waals surface area contributed by atoms with E-state index in [1.165, 1.54) is 0 Å². The van der Waals surface area contributed by atoms with Crippen molar-refractivity contribution in [1.82, 2.24) is 15.1 Å². The Balaban J connectivity index is 1.94. The molecule has 0 unspecified atom stereocenters. The highest BCUT2D eigenvalue weighted by molar-refractivity contribution is 5.30. The third kappa shape index (κ3) is 2.02. The van der Waals surface area contributed by atoms with Gasteiger partial charge < -0.3 is 9.84 Å². The molecule has 66 valence electrons. The summed E-state index contributed by atoms with van der Waals surface area (Å²) in [6, 6.07) is 1.80. The molecular weight excluding hydrogens is 168 g/mol. The Kier molecular flexibility index (Phi) is 2.18. The summed E-state index contributed by atoms with van der Waals surface area (Å²) < 4.78 is 4.89. The maximum atomic E-state index is 4.89. The number of nitrogens with zero attached hydrogens (tertiary/aromatic N) is 3. The topological polar surface area (TPSA) is 63.8 Å². The fourth-order valence-electron chi connectivity index (χ4n) is 0.901. The highest BCUT2D eigenvalue weighted by atomic mass is 16.5. The van der Waals surface area contributed by atoms with Crippen molar-refractivity contribution in [2.45, 2.75) is 6.54 Å². The minimum atomic E-state index is 0.568. The standard InChI is InChI=1S/C8H8N4O/c1-2-12-13-7(1)5-11-8-6-9-3-4-10-8/h1-4,6H,5H2,(H,10,11). The van der Waals surface area contributed by atoms with Gasteiger partial charge in [0.05, 0.1) is 18.9 Å². The summed E-state index contributed by atoms with van der Waals surface area (Å²) in [6.07, 6.45) is 6.51. The van der Waals surface area contributed by atoms with E-state index in [9.17, 15) is 0 Å². The molecule has 1 N–H and O–H groups in total. The first kappa shape index (κ1) is 7.72. The molecule has 0 aliphatic heterocycles. The van der Waals surface area contributed by atoms with Gasteiger partial charge in [0.1, 0.15) is 5.82 Å². The minimum Gasteiger partial charge on any atom is -0.361 e. The first-order chi connectivity index (χ1) is 6.45. The van der Waals surface area contributed by atoms with Crippen molar-refractivity contribution >= 4 is 5.82 Å². The molecule has 2 aromatic rings. The molecule has 0 spiro atoms. The zero-order chi connectivity index (χ0) is 8.93. The maximum absolute atomic E-state index is 4.89. The highest BCUT2D eigenvalue weighted by Crippen LogP contribution is 2.02. The Morgan fingerprint density at radius 3 is 3.00 bits per heavy atom. The molecule has 0 saturated heterocycles. The molecule has 5 heteroatoms. The Hall–Kier alpha value is -1.91. The molecule has 0 atom stereocenters. The zero-order valence-corrected chi connectivity index (χ0v) is 6.84. The van der Waals surface area contributed by atoms with Crippen molar-refractivity contribution in [2.24, 2.45) is 0 Å². The van der Waals surface area contributed by atoms with E-state index in [2.05, 4.69) is 20.4 Å². The van der Waals surface area contributed by atoms with Crippen LogP contribution >= 0.6 is 0 Å². The molecule has 0 radical (unpaired) electrons. The van der Waals surface area contributed by atoms with Crippen LogP contribution in [0.2, 0.25) is 0 Å². The number of hydrogen-bond acceptors (Lipinski definition) is 5. The lowest BCUT2D eigenvalue weighted by atomic mass is 10.4. The fraction of sp³-hybridized carbons (Fsp3) is 0.125. The van der Waals surface area contributed by atoms with E-state index in [0.29, 0.717) is 6.54 Å². The van der Waals surface area contributed by atoms with Crippen LogP contribution < -0.4 is 5.32 Å². The number of hydrogen-bond donors (Lipinski definition) is 1. The van der Waals surface area contributed by atoms with Gasteiger partial charge in [-0.2, -0.15) is 0 Å². The molecule has 0 saturated carbocycles. The molecule has 0 bridgehead atoms. The lowest BCUT2D eigenvalue weighted by molar-refractivity contribution is 0.388. The van der Waals surface area contributed by atoms with E-state index in [-0.39, 0.29) is 0 Å². The van der Waals surface area contributed by atoms with E-state index in [1.807, 2.05) is 0 Å². The van der Waals surface area contributed by atoms with Crippen molar-refractivity contribution < 1.29 is 4.52 Å². The first-order valence-corrected chi connectivity index (χ1v) is 3.84. The SMILES string of the molecule is c1cnc(NCc2ccno2)cn1. The second kappa shape index (κ2) is 3.66. The van der Waals surface area contributed by atoms with E-state index in [1.54, 1.807) is 30.9 Å². The predicted octanol–water partition coefficient (Wildman–Crippen LogP) is 1.08. The van der Waals surface area contributed by atoms with E-state index in [4.69, 9.17) is 4.52 Å². The molecule has 5 nitrogen and oxygen atoms in total. The minimum absolute atomic E-state index is 0.568. The second-order valence-electron chi connectivity index (χ2n) is 2.42. The molecule has 2 heterocycles. The normalized spacial score (nSPS) is 9.85. The van der Waals surface area contributed by atoms with Crippen molar-refractivity contribution in [3.8, 4) is 0 Å². The van der Waals surface area contributed by atoms with Crippen LogP contribution in [0.25, 0.3) is 0 Å². The number of rotatable bonds is 3. The Labute approximate surface area is 74.8 Å². The van der Waals surface area contributed by atoms with Gasteiger partial charge in [-0.1, -0.05) is 5.16 Å². The van der Waals surface area contributed by atoms with E-state index in [0.717, 1.165) is 11.6 Å². The van der Waals surface area contributed by atoms with Crippen LogP contribution in [0, 0.1) is 0 Å². The largest absolute Gasteiger partial charge is 0.361 e. The quantitative estimate of drug-likeness (QED) is 0.758. The van der Waals surface area contributed by atoms with Gasteiger partial charge in [-0.05, 0) is 0 Å². The predicted molar refractivity (Wildman–Crippen MR) is 45.9 cm³/mol. The molecular formula is C8H8N4O. The highest BCUT2D eigenvalue weighted by Gasteiger charge is 1.96. The molecule has 13 heavy (non-hydrogen) atoms. The molecule has 0 aromatic carbocycles. The molecule has 0 fully saturated rings. The van der Waals surface area contributed by atoms with Crippen LogP contribution in [0.5, 0.6) is 0 Å². The van der Waals surface area contributed by atoms with Crippen molar-refractivity contribution in [1.29, 1.82) is 0 Å². The lowest BCUT2D eigenvalue weighted by Crippen LogP contribution is -2.00. The molecule has 2 aromatic heterocycles. The first-order valence-electron chi connectivity index (χ1n) is 3.84. The van der Waals surface area contributed by atoms with Crippen molar-refractivity contribution in [2.75, 3.05) is 5.32 Å². The lowest BCUT2D eigenvalue weighted by Gasteiger charge is -1.99. The molecule has 2 rings (SSSR count). The summed E-state index contributed by atoms with van der Waals surface area (Å²) in [5.74, 6) is 1.49. The van der Waals surface area contributed by atoms with Crippen LogP contribution in [0.15, 0.2) is 35.4 Å². The van der Waals surface area contributed by atoms with E-state index < -0.39 is 0 Å². The van der Waals surface area contributed by atoms with E-state index >= 15 is 0 Å². The summed E-state index contributed by atoms with van der Waals surface area (Å²) in [5, 5.41) is 6.62. The average Bonchev–Trinajstić information content (AvgIpc) is 2.69. The van der Waals surface area contributed by atoms with Gasteiger partial charge in [0.2, 0.25) is 0 Å². The van der Waals surface area contributed by atoms with Gasteiger partial charge in [0, 0.05) is 18.5 Å². The second-order valence-corrected chi connectivity index (χ2v) is 2.42. The Morgan fingerprint density at radius 1 is 1.31 bits per heavy atom. The number of anilines is 1. The van der Waals surface area contributed by atoms with Gasteiger partial charge in [-0.25, -0.2) is 4.98 Å². The van der Waals surface area contributed by atoms with Gasteiger partial charge >= 0.3 is 0 Å². The smallest absolute Gasteiger partial charge is 0.155 e. The van der Waals surface area contributed by atoms with Gasteiger partial charge in [0.25, 0.3) is 0 Å². The fourth-order valence-corrected chi connectivity index (χ4v) is 0.901. The van der Waals surface area contributed by atoms with Gasteiger partial charge in [-0.15, -0.1) is 0 Å². The zero-order valence-electron chi connectivity index (χ0n) is 6.84. The van der Waals surface area contributed by atoms with Crippen LogP contribution in [-0.4, -0.2) is 15.1 Å².